The predicted molar refractivity (Wildman–Crippen MR) is 98.9 cm³/mol. The maximum absolute atomic E-state index is 12.8. The second-order valence-corrected chi connectivity index (χ2v) is 7.07. The summed E-state index contributed by atoms with van der Waals surface area (Å²) in [7, 11) is 0. The number of piperidine rings is 1. The number of amides is 1. The summed E-state index contributed by atoms with van der Waals surface area (Å²) >= 11 is 5.92. The molecule has 0 aliphatic carbocycles. The third kappa shape index (κ3) is 5.71. The maximum atomic E-state index is 12.8. The van der Waals surface area contributed by atoms with Gasteiger partial charge in [-0.3, -0.25) is 4.79 Å². The van der Waals surface area contributed by atoms with E-state index in [9.17, 15) is 9.18 Å². The molecule has 1 saturated heterocycles. The molecule has 138 valence electrons. The van der Waals surface area contributed by atoms with Gasteiger partial charge in [0.2, 0.25) is 0 Å². The van der Waals surface area contributed by atoms with Crippen LogP contribution in [-0.4, -0.2) is 31.6 Å². The monoisotopic (exact) mass is 377 g/mol. The van der Waals surface area contributed by atoms with E-state index in [1.165, 1.54) is 34.7 Å². The Morgan fingerprint density at radius 3 is 2.42 bits per heavy atom. The van der Waals surface area contributed by atoms with Gasteiger partial charge in [-0.05, 0) is 36.4 Å². The van der Waals surface area contributed by atoms with Gasteiger partial charge in [0.1, 0.15) is 18.1 Å². The summed E-state index contributed by atoms with van der Waals surface area (Å²) in [5, 5.41) is 3.78. The van der Waals surface area contributed by atoms with Crippen LogP contribution in [0.1, 0.15) is 18.4 Å². The molecule has 1 fully saturated rings. The van der Waals surface area contributed by atoms with E-state index >= 15 is 0 Å². The Balaban J connectivity index is 1.37. The van der Waals surface area contributed by atoms with Crippen molar-refractivity contribution in [2.45, 2.75) is 25.4 Å². The zero-order chi connectivity index (χ0) is 18.4. The molecule has 1 aliphatic rings. The van der Waals surface area contributed by atoms with Crippen LogP contribution >= 0.6 is 11.6 Å². The fourth-order valence-corrected chi connectivity index (χ4v) is 3.31. The Hall–Kier alpha value is -2.11. The van der Waals surface area contributed by atoms with Gasteiger partial charge >= 0.3 is 0 Å². The lowest BCUT2D eigenvalue weighted by Crippen LogP contribution is -3.12. The molecule has 0 radical (unpaired) electrons. The average molecular weight is 378 g/mol. The first-order chi connectivity index (χ1) is 12.6. The van der Waals surface area contributed by atoms with Crippen molar-refractivity contribution in [3.8, 4) is 5.75 Å². The summed E-state index contributed by atoms with van der Waals surface area (Å²) in [5.74, 6) is 0.0268. The van der Waals surface area contributed by atoms with Crippen molar-refractivity contribution in [2.24, 2.45) is 0 Å². The lowest BCUT2D eigenvalue weighted by molar-refractivity contribution is -0.918. The SMILES string of the molecule is O=C(COc1ccc(F)cc1)NC1CC[NH+](Cc2ccc(Cl)cc2)CC1. The van der Waals surface area contributed by atoms with Crippen LogP contribution in [-0.2, 0) is 11.3 Å². The fraction of sp³-hybridized carbons (Fsp3) is 0.350. The Bertz CT molecular complexity index is 714. The normalized spacial score (nSPS) is 19.8. The molecule has 0 unspecified atom stereocenters. The van der Waals surface area contributed by atoms with E-state index in [4.69, 9.17) is 16.3 Å². The molecular weight excluding hydrogens is 355 g/mol. The van der Waals surface area contributed by atoms with Crippen LogP contribution in [0.4, 0.5) is 4.39 Å². The van der Waals surface area contributed by atoms with Gasteiger partial charge in [-0.1, -0.05) is 23.7 Å². The number of ether oxygens (including phenoxy) is 1. The smallest absolute Gasteiger partial charge is 0.258 e. The van der Waals surface area contributed by atoms with Crippen LogP contribution in [0.5, 0.6) is 5.75 Å². The van der Waals surface area contributed by atoms with Gasteiger partial charge in [0.05, 0.1) is 13.1 Å². The molecule has 26 heavy (non-hydrogen) atoms. The summed E-state index contributed by atoms with van der Waals surface area (Å²) < 4.78 is 18.2. The zero-order valence-corrected chi connectivity index (χ0v) is 15.3. The highest BCUT2D eigenvalue weighted by atomic mass is 35.5. The van der Waals surface area contributed by atoms with Crippen LogP contribution in [0.15, 0.2) is 48.5 Å². The number of halogens is 2. The molecule has 0 aromatic heterocycles. The molecule has 4 nitrogen and oxygen atoms in total. The van der Waals surface area contributed by atoms with E-state index in [2.05, 4.69) is 17.4 Å². The van der Waals surface area contributed by atoms with Crippen LogP contribution in [0.3, 0.4) is 0 Å². The number of hydrogen-bond acceptors (Lipinski definition) is 2. The Kier molecular flexibility index (Phi) is 6.47. The molecule has 1 heterocycles. The maximum Gasteiger partial charge on any atom is 0.258 e. The standard InChI is InChI=1S/C20H22ClFN2O2/c21-16-3-1-15(2-4-16)13-24-11-9-18(10-12-24)23-20(25)14-26-19-7-5-17(22)6-8-19/h1-8,18H,9-14H2,(H,23,25)/p+1. The minimum atomic E-state index is -0.324. The lowest BCUT2D eigenvalue weighted by Gasteiger charge is -2.29. The van der Waals surface area contributed by atoms with E-state index in [-0.39, 0.29) is 24.4 Å². The lowest BCUT2D eigenvalue weighted by atomic mass is 10.0. The van der Waals surface area contributed by atoms with Crippen molar-refractivity contribution in [3.05, 3.63) is 64.9 Å². The molecule has 6 heteroatoms. The van der Waals surface area contributed by atoms with Gasteiger partial charge in [0.25, 0.3) is 5.91 Å². The summed E-state index contributed by atoms with van der Waals surface area (Å²) in [6.45, 7) is 2.97. The first-order valence-corrected chi connectivity index (χ1v) is 9.22. The van der Waals surface area contributed by atoms with Crippen LogP contribution < -0.4 is 15.0 Å². The first-order valence-electron chi connectivity index (χ1n) is 8.84. The quantitative estimate of drug-likeness (QED) is 0.810. The zero-order valence-electron chi connectivity index (χ0n) is 14.5. The number of benzene rings is 2. The van der Waals surface area contributed by atoms with Gasteiger partial charge in [-0.25, -0.2) is 4.39 Å². The predicted octanol–water partition coefficient (Wildman–Crippen LogP) is 2.22. The third-order valence-corrected chi connectivity index (χ3v) is 4.86. The average Bonchev–Trinajstić information content (AvgIpc) is 2.65. The molecule has 1 aliphatic heterocycles. The van der Waals surface area contributed by atoms with Gasteiger partial charge in [-0.15, -0.1) is 0 Å². The van der Waals surface area contributed by atoms with Crippen LogP contribution in [0, 0.1) is 5.82 Å². The minimum absolute atomic E-state index is 0.0521. The van der Waals surface area contributed by atoms with Crippen LogP contribution in [0.2, 0.25) is 5.02 Å². The van der Waals surface area contributed by atoms with Crippen molar-refractivity contribution in [1.29, 1.82) is 0 Å². The van der Waals surface area contributed by atoms with Gasteiger partial charge in [0.15, 0.2) is 6.61 Å². The third-order valence-electron chi connectivity index (χ3n) is 4.61. The molecule has 2 aromatic carbocycles. The molecule has 1 amide bonds. The largest absolute Gasteiger partial charge is 0.484 e. The number of carbonyl (C=O) groups is 1. The second kappa shape index (κ2) is 9.01. The molecule has 2 aromatic rings. The number of rotatable bonds is 6. The number of nitrogens with one attached hydrogen (secondary N) is 2. The minimum Gasteiger partial charge on any atom is -0.484 e. The van der Waals surface area contributed by atoms with Crippen LogP contribution in [0.25, 0.3) is 0 Å². The highest BCUT2D eigenvalue weighted by Gasteiger charge is 2.23. The van der Waals surface area contributed by atoms with Gasteiger partial charge in [0, 0.05) is 29.5 Å². The van der Waals surface area contributed by atoms with Crippen molar-refractivity contribution in [1.82, 2.24) is 5.32 Å². The topological polar surface area (TPSA) is 42.8 Å². The number of likely N-dealkylation sites (tertiary alicyclic amines) is 1. The first kappa shape index (κ1) is 18.7. The highest BCUT2D eigenvalue weighted by Crippen LogP contribution is 2.11. The second-order valence-electron chi connectivity index (χ2n) is 6.64. The number of quaternary nitrogens is 1. The van der Waals surface area contributed by atoms with Crippen molar-refractivity contribution in [2.75, 3.05) is 19.7 Å². The Morgan fingerprint density at radius 2 is 1.77 bits per heavy atom. The molecule has 0 saturated carbocycles. The van der Waals surface area contributed by atoms with Crippen molar-refractivity contribution >= 4 is 17.5 Å². The van der Waals surface area contributed by atoms with E-state index in [1.54, 1.807) is 0 Å². The fourth-order valence-electron chi connectivity index (χ4n) is 3.19. The summed E-state index contributed by atoms with van der Waals surface area (Å²) in [5.41, 5.74) is 1.28. The summed E-state index contributed by atoms with van der Waals surface area (Å²) in [6, 6.07) is 13.8. The summed E-state index contributed by atoms with van der Waals surface area (Å²) in [6.07, 6.45) is 1.90. The number of hydrogen-bond donors (Lipinski definition) is 2. The Morgan fingerprint density at radius 1 is 1.12 bits per heavy atom. The van der Waals surface area contributed by atoms with E-state index in [0.717, 1.165) is 37.5 Å². The molecule has 0 atom stereocenters. The highest BCUT2D eigenvalue weighted by molar-refractivity contribution is 6.30. The van der Waals surface area contributed by atoms with E-state index in [1.807, 2.05) is 12.1 Å². The van der Waals surface area contributed by atoms with Gasteiger partial charge < -0.3 is 15.0 Å². The molecule has 0 bridgehead atoms. The molecule has 2 N–H and O–H groups in total. The summed E-state index contributed by atoms with van der Waals surface area (Å²) in [4.78, 5) is 13.5. The van der Waals surface area contributed by atoms with E-state index in [0.29, 0.717) is 5.75 Å². The van der Waals surface area contributed by atoms with Crippen molar-refractivity contribution in [3.63, 3.8) is 0 Å². The van der Waals surface area contributed by atoms with E-state index < -0.39 is 0 Å². The molecule has 3 rings (SSSR count). The van der Waals surface area contributed by atoms with Gasteiger partial charge in [-0.2, -0.15) is 0 Å². The Labute approximate surface area is 157 Å². The molecule has 0 spiro atoms. The molecular formula is C20H23ClFN2O2+. The number of carbonyl (C=O) groups excluding carboxylic acids is 1. The van der Waals surface area contributed by atoms with Crippen molar-refractivity contribution < 1.29 is 18.8 Å².